The summed E-state index contributed by atoms with van der Waals surface area (Å²) in [5, 5.41) is 4.98. The fraction of sp³-hybridized carbons (Fsp3) is 0.375. The van der Waals surface area contributed by atoms with Gasteiger partial charge in [0.1, 0.15) is 0 Å². The zero-order chi connectivity index (χ0) is 14.5. The molecule has 0 amide bonds. The zero-order valence-corrected chi connectivity index (χ0v) is 13.4. The van der Waals surface area contributed by atoms with Gasteiger partial charge in [0.2, 0.25) is 0 Å². The van der Waals surface area contributed by atoms with Gasteiger partial charge in [0.15, 0.2) is 0 Å². The molecule has 0 radical (unpaired) electrons. The minimum atomic E-state index is 0.322. The summed E-state index contributed by atoms with van der Waals surface area (Å²) in [5.74, 6) is 0. The summed E-state index contributed by atoms with van der Waals surface area (Å²) in [5.41, 5.74) is 2.30. The van der Waals surface area contributed by atoms with Gasteiger partial charge in [-0.05, 0) is 55.8 Å². The Morgan fingerprint density at radius 1 is 1.25 bits per heavy atom. The van der Waals surface area contributed by atoms with Crippen LogP contribution in [0.1, 0.15) is 37.6 Å². The fourth-order valence-electron chi connectivity index (χ4n) is 2.28. The Kier molecular flexibility index (Phi) is 5.53. The van der Waals surface area contributed by atoms with Crippen LogP contribution in [0.5, 0.6) is 0 Å². The van der Waals surface area contributed by atoms with Crippen molar-refractivity contribution < 1.29 is 0 Å². The van der Waals surface area contributed by atoms with Crippen LogP contribution in [0.25, 0.3) is 0 Å². The second kappa shape index (κ2) is 7.16. The van der Waals surface area contributed by atoms with Gasteiger partial charge in [0.25, 0.3) is 0 Å². The van der Waals surface area contributed by atoms with E-state index in [4.69, 9.17) is 23.2 Å². The van der Waals surface area contributed by atoms with Crippen LogP contribution in [0.3, 0.4) is 0 Å². The number of benzene rings is 1. The Bertz CT molecular complexity index is 563. The summed E-state index contributed by atoms with van der Waals surface area (Å²) in [7, 11) is 0. The van der Waals surface area contributed by atoms with Crippen molar-refractivity contribution in [3.63, 3.8) is 0 Å². The Hall–Kier alpha value is -0.960. The first-order chi connectivity index (χ1) is 9.61. The molecule has 1 heterocycles. The van der Waals surface area contributed by atoms with Crippen LogP contribution in [-0.2, 0) is 6.54 Å². The predicted molar refractivity (Wildman–Crippen MR) is 86.7 cm³/mol. The van der Waals surface area contributed by atoms with E-state index in [-0.39, 0.29) is 0 Å². The van der Waals surface area contributed by atoms with Crippen LogP contribution < -0.4 is 5.32 Å². The van der Waals surface area contributed by atoms with Crippen LogP contribution in [0.2, 0.25) is 10.0 Å². The lowest BCUT2D eigenvalue weighted by atomic mass is 10.2. The smallest absolute Gasteiger partial charge is 0.0488 e. The Morgan fingerprint density at radius 2 is 2.05 bits per heavy atom. The van der Waals surface area contributed by atoms with E-state index in [1.807, 2.05) is 18.2 Å². The van der Waals surface area contributed by atoms with Crippen molar-refractivity contribution in [1.29, 1.82) is 0 Å². The maximum atomic E-state index is 6.24. The summed E-state index contributed by atoms with van der Waals surface area (Å²) < 4.78 is 2.21. The van der Waals surface area contributed by atoms with Crippen molar-refractivity contribution in [2.24, 2.45) is 0 Å². The van der Waals surface area contributed by atoms with Gasteiger partial charge in [-0.25, -0.2) is 0 Å². The van der Waals surface area contributed by atoms with Gasteiger partial charge in [0.05, 0.1) is 0 Å². The topological polar surface area (TPSA) is 17.0 Å². The first kappa shape index (κ1) is 15.4. The minimum Gasteiger partial charge on any atom is -0.346 e. The van der Waals surface area contributed by atoms with E-state index in [1.165, 1.54) is 5.69 Å². The van der Waals surface area contributed by atoms with Crippen molar-refractivity contribution in [3.05, 3.63) is 57.8 Å². The summed E-state index contributed by atoms with van der Waals surface area (Å²) in [6, 6.07) is 10.1. The molecule has 0 aliphatic rings. The lowest BCUT2D eigenvalue weighted by Gasteiger charge is -2.17. The first-order valence-corrected chi connectivity index (χ1v) is 7.69. The summed E-state index contributed by atoms with van der Waals surface area (Å²) in [6.07, 6.45) is 3.21. The van der Waals surface area contributed by atoms with E-state index >= 15 is 0 Å². The zero-order valence-electron chi connectivity index (χ0n) is 11.9. The molecule has 108 valence electrons. The van der Waals surface area contributed by atoms with E-state index in [0.717, 1.165) is 35.1 Å². The van der Waals surface area contributed by atoms with Gasteiger partial charge < -0.3 is 9.88 Å². The highest BCUT2D eigenvalue weighted by atomic mass is 35.5. The van der Waals surface area contributed by atoms with Crippen LogP contribution in [0, 0.1) is 0 Å². The van der Waals surface area contributed by atoms with Gasteiger partial charge >= 0.3 is 0 Å². The number of aromatic nitrogens is 1. The fourth-order valence-corrected chi connectivity index (χ4v) is 2.65. The third kappa shape index (κ3) is 3.78. The number of hydrogen-bond donors (Lipinski definition) is 1. The monoisotopic (exact) mass is 310 g/mol. The average Bonchev–Trinajstić information content (AvgIpc) is 2.88. The van der Waals surface area contributed by atoms with Gasteiger partial charge in [0, 0.05) is 34.5 Å². The van der Waals surface area contributed by atoms with Crippen molar-refractivity contribution in [2.45, 2.75) is 32.9 Å². The molecular formula is C16H20Cl2N2. The molecule has 0 bridgehead atoms. The maximum Gasteiger partial charge on any atom is 0.0488 e. The molecule has 4 heteroatoms. The highest BCUT2D eigenvalue weighted by Crippen LogP contribution is 2.23. The molecule has 1 aromatic heterocycles. The second-order valence-electron chi connectivity index (χ2n) is 4.97. The SMILES string of the molecule is CCCNC(C)c1cccn1Cc1cc(Cl)ccc1Cl. The van der Waals surface area contributed by atoms with Gasteiger partial charge in [-0.2, -0.15) is 0 Å². The lowest BCUT2D eigenvalue weighted by Crippen LogP contribution is -2.22. The largest absolute Gasteiger partial charge is 0.346 e. The molecule has 0 spiro atoms. The number of nitrogens with one attached hydrogen (secondary N) is 1. The quantitative estimate of drug-likeness (QED) is 0.802. The molecule has 1 unspecified atom stereocenters. The number of nitrogens with zero attached hydrogens (tertiary/aromatic N) is 1. The van der Waals surface area contributed by atoms with E-state index in [9.17, 15) is 0 Å². The Balaban J connectivity index is 2.18. The molecule has 0 aliphatic heterocycles. The standard InChI is InChI=1S/C16H20Cl2N2/c1-3-8-19-12(2)16-5-4-9-20(16)11-13-10-14(17)6-7-15(13)18/h4-7,9-10,12,19H,3,8,11H2,1-2H3. The molecule has 0 fully saturated rings. The van der Waals surface area contributed by atoms with Crippen molar-refractivity contribution in [3.8, 4) is 0 Å². The molecule has 2 nitrogen and oxygen atoms in total. The van der Waals surface area contributed by atoms with Crippen molar-refractivity contribution in [1.82, 2.24) is 9.88 Å². The third-order valence-corrected chi connectivity index (χ3v) is 3.96. The second-order valence-corrected chi connectivity index (χ2v) is 5.82. The molecule has 1 aromatic carbocycles. The summed E-state index contributed by atoms with van der Waals surface area (Å²) in [4.78, 5) is 0. The molecule has 2 rings (SSSR count). The molecule has 20 heavy (non-hydrogen) atoms. The Morgan fingerprint density at radius 3 is 2.80 bits per heavy atom. The maximum absolute atomic E-state index is 6.24. The molecule has 1 N–H and O–H groups in total. The average molecular weight is 311 g/mol. The van der Waals surface area contributed by atoms with E-state index in [1.54, 1.807) is 0 Å². The molecule has 0 aliphatic carbocycles. The molecular weight excluding hydrogens is 291 g/mol. The minimum absolute atomic E-state index is 0.322. The molecule has 0 saturated heterocycles. The number of halogens is 2. The Labute approximate surface area is 130 Å². The van der Waals surface area contributed by atoms with Crippen molar-refractivity contribution >= 4 is 23.2 Å². The lowest BCUT2D eigenvalue weighted by molar-refractivity contribution is 0.534. The van der Waals surface area contributed by atoms with Crippen LogP contribution in [0.15, 0.2) is 36.5 Å². The molecule has 1 atom stereocenters. The van der Waals surface area contributed by atoms with Crippen LogP contribution in [0.4, 0.5) is 0 Å². The third-order valence-electron chi connectivity index (χ3n) is 3.36. The van der Waals surface area contributed by atoms with E-state index < -0.39 is 0 Å². The van der Waals surface area contributed by atoms with Crippen LogP contribution >= 0.6 is 23.2 Å². The highest BCUT2D eigenvalue weighted by Gasteiger charge is 2.10. The molecule has 2 aromatic rings. The summed E-state index contributed by atoms with van der Waals surface area (Å²) in [6.45, 7) is 6.11. The van der Waals surface area contributed by atoms with Crippen LogP contribution in [-0.4, -0.2) is 11.1 Å². The van der Waals surface area contributed by atoms with Gasteiger partial charge in [-0.3, -0.25) is 0 Å². The molecule has 0 saturated carbocycles. The normalized spacial score (nSPS) is 12.6. The van der Waals surface area contributed by atoms with E-state index in [0.29, 0.717) is 6.04 Å². The summed E-state index contributed by atoms with van der Waals surface area (Å²) >= 11 is 12.3. The van der Waals surface area contributed by atoms with Gasteiger partial charge in [-0.1, -0.05) is 30.1 Å². The highest BCUT2D eigenvalue weighted by molar-refractivity contribution is 6.33. The van der Waals surface area contributed by atoms with Gasteiger partial charge in [-0.15, -0.1) is 0 Å². The first-order valence-electron chi connectivity index (χ1n) is 6.94. The predicted octanol–water partition coefficient (Wildman–Crippen LogP) is 4.90. The number of rotatable bonds is 6. The van der Waals surface area contributed by atoms with E-state index in [2.05, 4.69) is 42.1 Å². The van der Waals surface area contributed by atoms with Crippen molar-refractivity contribution in [2.75, 3.05) is 6.54 Å². The number of hydrogen-bond acceptors (Lipinski definition) is 1.